The Balaban J connectivity index is 2.12. The molecule has 0 spiro atoms. The van der Waals surface area contributed by atoms with E-state index in [-0.39, 0.29) is 10.0 Å². The van der Waals surface area contributed by atoms with E-state index >= 15 is 0 Å². The zero-order valence-corrected chi connectivity index (χ0v) is 12.5. The van der Waals surface area contributed by atoms with Crippen LogP contribution in [0.4, 0.5) is 4.39 Å². The van der Waals surface area contributed by atoms with Crippen molar-refractivity contribution >= 4 is 23.3 Å². The molecule has 1 aliphatic rings. The highest BCUT2D eigenvalue weighted by Crippen LogP contribution is 2.35. The van der Waals surface area contributed by atoms with Crippen LogP contribution in [0.1, 0.15) is 17.4 Å². The van der Waals surface area contributed by atoms with Crippen LogP contribution in [-0.4, -0.2) is 50.2 Å². The minimum Gasteiger partial charge on any atom is -0.394 e. The summed E-state index contributed by atoms with van der Waals surface area (Å²) in [6, 6.07) is 2.75. The van der Waals surface area contributed by atoms with Gasteiger partial charge in [-0.3, -0.25) is 0 Å². The molecular weight excluding hydrogens is 311 g/mol. The molecule has 118 valence electrons. The van der Waals surface area contributed by atoms with Crippen molar-refractivity contribution in [3.05, 3.63) is 33.8 Å². The fraction of sp³-hybridized carbons (Fsp3) is 0.429. The normalized spacial score (nSPS) is 28.4. The van der Waals surface area contributed by atoms with Crippen molar-refractivity contribution in [2.75, 3.05) is 6.61 Å². The van der Waals surface area contributed by atoms with Crippen molar-refractivity contribution in [2.24, 2.45) is 0 Å². The molecule has 0 radical (unpaired) electrons. The Bertz CT molecular complexity index is 781. The Morgan fingerprint density at radius 3 is 2.73 bits per heavy atom. The molecule has 4 N–H and O–H groups in total. The van der Waals surface area contributed by atoms with E-state index in [4.69, 9.17) is 22.1 Å². The summed E-state index contributed by atoms with van der Waals surface area (Å²) in [7, 11) is 0. The smallest absolute Gasteiger partial charge is 0.141 e. The molecule has 1 fully saturated rings. The summed E-state index contributed by atoms with van der Waals surface area (Å²) < 4.78 is 19.7. The molecule has 4 atom stereocenters. The van der Waals surface area contributed by atoms with Crippen LogP contribution in [-0.2, 0) is 4.74 Å². The van der Waals surface area contributed by atoms with Crippen molar-refractivity contribution in [3.8, 4) is 0 Å². The molecule has 0 bridgehead atoms. The Labute approximate surface area is 130 Å². The zero-order valence-electron chi connectivity index (χ0n) is 11.7. The van der Waals surface area contributed by atoms with Crippen molar-refractivity contribution in [1.82, 2.24) is 9.97 Å². The summed E-state index contributed by atoms with van der Waals surface area (Å²) in [5, 5.41) is 29.2. The topological polar surface area (TPSA) is 98.6 Å². The van der Waals surface area contributed by atoms with Gasteiger partial charge in [-0.25, -0.2) is 9.37 Å². The average Bonchev–Trinajstić information content (AvgIpc) is 2.74. The molecule has 8 heteroatoms. The lowest BCUT2D eigenvalue weighted by Gasteiger charge is -2.16. The van der Waals surface area contributed by atoms with E-state index in [1.807, 2.05) is 0 Å². The van der Waals surface area contributed by atoms with Gasteiger partial charge in [-0.15, -0.1) is 0 Å². The summed E-state index contributed by atoms with van der Waals surface area (Å²) >= 11 is 5.22. The predicted molar refractivity (Wildman–Crippen MR) is 78.3 cm³/mol. The number of aliphatic hydroxyl groups excluding tert-OH is 3. The molecule has 3 rings (SSSR count). The number of halogens is 1. The van der Waals surface area contributed by atoms with E-state index in [0.29, 0.717) is 16.9 Å². The highest BCUT2D eigenvalue weighted by Gasteiger charge is 2.43. The predicted octanol–water partition coefficient (Wildman–Crippen LogP) is 0.894. The first-order chi connectivity index (χ1) is 10.4. The van der Waals surface area contributed by atoms with E-state index in [1.54, 1.807) is 6.92 Å². The lowest BCUT2D eigenvalue weighted by Crippen LogP contribution is -2.32. The SMILES string of the molecule is Cc1cc(F)c2cc(C3OC(CO)C(O)C3O)c(=S)[nH]c2n1. The molecule has 0 aromatic carbocycles. The second-order valence-corrected chi connectivity index (χ2v) is 5.73. The van der Waals surface area contributed by atoms with Gasteiger partial charge in [0, 0.05) is 11.3 Å². The van der Waals surface area contributed by atoms with Gasteiger partial charge in [-0.05, 0) is 19.1 Å². The average molecular weight is 326 g/mol. The number of hydrogen-bond donors (Lipinski definition) is 4. The number of nitrogens with one attached hydrogen (secondary N) is 1. The first kappa shape index (κ1) is 15.4. The number of nitrogens with zero attached hydrogens (tertiary/aromatic N) is 1. The third-order valence-electron chi connectivity index (χ3n) is 3.78. The van der Waals surface area contributed by atoms with Crippen molar-refractivity contribution in [3.63, 3.8) is 0 Å². The zero-order chi connectivity index (χ0) is 16.0. The van der Waals surface area contributed by atoms with Gasteiger partial charge in [0.2, 0.25) is 0 Å². The number of pyridine rings is 2. The number of aliphatic hydroxyl groups is 3. The molecule has 0 saturated carbocycles. The number of aromatic nitrogens is 2. The van der Waals surface area contributed by atoms with Gasteiger partial charge >= 0.3 is 0 Å². The number of fused-ring (bicyclic) bond motifs is 1. The maximum absolute atomic E-state index is 14.1. The monoisotopic (exact) mass is 326 g/mol. The molecule has 6 nitrogen and oxygen atoms in total. The molecule has 1 saturated heterocycles. The van der Waals surface area contributed by atoms with Crippen LogP contribution in [0.15, 0.2) is 12.1 Å². The highest BCUT2D eigenvalue weighted by atomic mass is 32.1. The van der Waals surface area contributed by atoms with Crippen molar-refractivity contribution in [2.45, 2.75) is 31.3 Å². The number of hydrogen-bond acceptors (Lipinski definition) is 6. The lowest BCUT2D eigenvalue weighted by atomic mass is 10.0. The van der Waals surface area contributed by atoms with Crippen LogP contribution < -0.4 is 0 Å². The fourth-order valence-corrected chi connectivity index (χ4v) is 2.92. The van der Waals surface area contributed by atoms with Gasteiger partial charge in [0.05, 0.1) is 12.0 Å². The Morgan fingerprint density at radius 1 is 1.36 bits per heavy atom. The third-order valence-corrected chi connectivity index (χ3v) is 4.12. The van der Waals surface area contributed by atoms with E-state index in [1.165, 1.54) is 12.1 Å². The lowest BCUT2D eigenvalue weighted by molar-refractivity contribution is -0.0229. The number of H-pyrrole nitrogens is 1. The Hall–Kier alpha value is -1.45. The number of aromatic amines is 1. The molecule has 3 heterocycles. The first-order valence-corrected chi connectivity index (χ1v) is 7.15. The highest BCUT2D eigenvalue weighted by molar-refractivity contribution is 7.71. The van der Waals surface area contributed by atoms with Crippen LogP contribution in [0, 0.1) is 17.4 Å². The van der Waals surface area contributed by atoms with Gasteiger partial charge in [0.25, 0.3) is 0 Å². The number of aryl methyl sites for hydroxylation is 1. The standard InChI is InChI=1S/C14H15FN2O4S/c1-5-2-8(15)6-3-7(14(22)17-13(6)16-5)12-11(20)10(19)9(4-18)21-12/h2-3,9-12,18-20H,4H2,1H3,(H,16,17,22). The third kappa shape index (κ3) is 2.42. The van der Waals surface area contributed by atoms with Crippen LogP contribution >= 0.6 is 12.2 Å². The largest absolute Gasteiger partial charge is 0.394 e. The molecule has 0 amide bonds. The molecule has 2 aromatic rings. The number of ether oxygens (including phenoxy) is 1. The van der Waals surface area contributed by atoms with E-state index < -0.39 is 36.8 Å². The van der Waals surface area contributed by atoms with Crippen molar-refractivity contribution < 1.29 is 24.4 Å². The molecule has 4 unspecified atom stereocenters. The second-order valence-electron chi connectivity index (χ2n) is 5.32. The summed E-state index contributed by atoms with van der Waals surface area (Å²) in [5.74, 6) is -0.471. The quantitative estimate of drug-likeness (QED) is 0.612. The second kappa shape index (κ2) is 5.64. The molecule has 2 aromatic heterocycles. The maximum atomic E-state index is 14.1. The molecular formula is C14H15FN2O4S. The van der Waals surface area contributed by atoms with Gasteiger partial charge in [0.1, 0.15) is 40.5 Å². The van der Waals surface area contributed by atoms with E-state index in [2.05, 4.69) is 9.97 Å². The van der Waals surface area contributed by atoms with E-state index in [0.717, 1.165) is 0 Å². The summed E-state index contributed by atoms with van der Waals surface area (Å²) in [6.45, 7) is 1.23. The molecule has 22 heavy (non-hydrogen) atoms. The molecule has 0 aliphatic carbocycles. The van der Waals surface area contributed by atoms with Crippen LogP contribution in [0.2, 0.25) is 0 Å². The number of rotatable bonds is 2. The Morgan fingerprint density at radius 2 is 2.09 bits per heavy atom. The minimum atomic E-state index is -1.26. The molecule has 1 aliphatic heterocycles. The van der Waals surface area contributed by atoms with Crippen LogP contribution in [0.5, 0.6) is 0 Å². The van der Waals surface area contributed by atoms with Gasteiger partial charge in [0.15, 0.2) is 0 Å². The summed E-state index contributed by atoms with van der Waals surface area (Å²) in [5.41, 5.74) is 1.16. The summed E-state index contributed by atoms with van der Waals surface area (Å²) in [4.78, 5) is 6.99. The van der Waals surface area contributed by atoms with Crippen LogP contribution in [0.25, 0.3) is 11.0 Å². The summed E-state index contributed by atoms with van der Waals surface area (Å²) in [6.07, 6.45) is -4.35. The van der Waals surface area contributed by atoms with Gasteiger partial charge in [-0.1, -0.05) is 12.2 Å². The van der Waals surface area contributed by atoms with Gasteiger partial charge < -0.3 is 25.0 Å². The Kier molecular flexibility index (Phi) is 3.96. The van der Waals surface area contributed by atoms with E-state index in [9.17, 15) is 14.6 Å². The van der Waals surface area contributed by atoms with Crippen molar-refractivity contribution in [1.29, 1.82) is 0 Å². The maximum Gasteiger partial charge on any atom is 0.141 e. The minimum absolute atomic E-state index is 0.215. The fourth-order valence-electron chi connectivity index (χ4n) is 2.64. The van der Waals surface area contributed by atoms with Crippen LogP contribution in [0.3, 0.4) is 0 Å². The first-order valence-electron chi connectivity index (χ1n) is 6.75. The van der Waals surface area contributed by atoms with Gasteiger partial charge in [-0.2, -0.15) is 0 Å².